The zero-order valence-corrected chi connectivity index (χ0v) is 11.4. The van der Waals surface area contributed by atoms with E-state index < -0.39 is 6.10 Å². The Morgan fingerprint density at radius 1 is 1.39 bits per heavy atom. The number of hydrogen-bond acceptors (Lipinski definition) is 3. The minimum atomic E-state index is -0.489. The second-order valence-electron chi connectivity index (χ2n) is 5.00. The number of aliphatic hydroxyl groups is 2. The van der Waals surface area contributed by atoms with Gasteiger partial charge in [0.25, 0.3) is 0 Å². The van der Waals surface area contributed by atoms with Crippen molar-refractivity contribution in [1.82, 2.24) is 0 Å². The molecule has 1 aromatic carbocycles. The third-order valence-electron chi connectivity index (χ3n) is 3.67. The van der Waals surface area contributed by atoms with Crippen LogP contribution in [-0.4, -0.2) is 29.9 Å². The largest absolute Gasteiger partial charge is 0.396 e. The molecule has 2 N–H and O–H groups in total. The van der Waals surface area contributed by atoms with E-state index in [4.69, 9.17) is 16.7 Å². The van der Waals surface area contributed by atoms with E-state index in [0.717, 1.165) is 37.2 Å². The summed E-state index contributed by atoms with van der Waals surface area (Å²) in [5.74, 6) is 0.428. The molecule has 0 bridgehead atoms. The van der Waals surface area contributed by atoms with Crippen LogP contribution in [0.4, 0.5) is 5.69 Å². The minimum Gasteiger partial charge on any atom is -0.396 e. The van der Waals surface area contributed by atoms with Gasteiger partial charge in [0, 0.05) is 19.7 Å². The van der Waals surface area contributed by atoms with Crippen molar-refractivity contribution in [2.75, 3.05) is 24.6 Å². The molecule has 100 valence electrons. The number of nitrogens with zero attached hydrogens (tertiary/aromatic N) is 1. The van der Waals surface area contributed by atoms with Crippen LogP contribution in [0.25, 0.3) is 0 Å². The molecule has 1 heterocycles. The predicted molar refractivity (Wildman–Crippen MR) is 74.1 cm³/mol. The van der Waals surface area contributed by atoms with Gasteiger partial charge in [-0.1, -0.05) is 17.7 Å². The van der Waals surface area contributed by atoms with Crippen LogP contribution in [0.5, 0.6) is 0 Å². The molecule has 0 saturated carbocycles. The lowest BCUT2D eigenvalue weighted by molar-refractivity contribution is 0.199. The van der Waals surface area contributed by atoms with Gasteiger partial charge in [-0.25, -0.2) is 0 Å². The summed E-state index contributed by atoms with van der Waals surface area (Å²) >= 11 is 6.27. The highest BCUT2D eigenvalue weighted by Crippen LogP contribution is 2.31. The maximum Gasteiger partial charge on any atom is 0.0762 e. The highest BCUT2D eigenvalue weighted by atomic mass is 35.5. The highest BCUT2D eigenvalue weighted by Gasteiger charge is 2.20. The highest BCUT2D eigenvalue weighted by molar-refractivity contribution is 6.33. The summed E-state index contributed by atoms with van der Waals surface area (Å²) in [4.78, 5) is 2.25. The summed E-state index contributed by atoms with van der Waals surface area (Å²) in [5, 5.41) is 19.3. The molecule has 0 aliphatic carbocycles. The van der Waals surface area contributed by atoms with Gasteiger partial charge < -0.3 is 15.1 Å². The van der Waals surface area contributed by atoms with E-state index in [0.29, 0.717) is 10.9 Å². The molecule has 1 aliphatic heterocycles. The van der Waals surface area contributed by atoms with Gasteiger partial charge in [-0.2, -0.15) is 0 Å². The maximum absolute atomic E-state index is 9.52. The zero-order chi connectivity index (χ0) is 13.1. The van der Waals surface area contributed by atoms with Crippen molar-refractivity contribution in [2.24, 2.45) is 5.92 Å². The molecule has 0 amide bonds. The first kappa shape index (κ1) is 13.7. The Morgan fingerprint density at radius 2 is 2.06 bits per heavy atom. The number of aliphatic hydroxyl groups excluding tert-OH is 2. The van der Waals surface area contributed by atoms with Crippen LogP contribution < -0.4 is 4.90 Å². The monoisotopic (exact) mass is 269 g/mol. The Hall–Kier alpha value is -0.770. The molecule has 4 heteroatoms. The molecule has 18 heavy (non-hydrogen) atoms. The van der Waals surface area contributed by atoms with E-state index in [1.54, 1.807) is 6.92 Å². The van der Waals surface area contributed by atoms with Crippen molar-refractivity contribution in [1.29, 1.82) is 0 Å². The average Bonchev–Trinajstić information content (AvgIpc) is 2.38. The Morgan fingerprint density at radius 3 is 2.56 bits per heavy atom. The molecular weight excluding hydrogens is 250 g/mol. The molecule has 0 radical (unpaired) electrons. The van der Waals surface area contributed by atoms with E-state index in [1.807, 2.05) is 18.2 Å². The molecule has 0 unspecified atom stereocenters. The van der Waals surface area contributed by atoms with Gasteiger partial charge in [-0.15, -0.1) is 0 Å². The Labute approximate surface area is 113 Å². The lowest BCUT2D eigenvalue weighted by Gasteiger charge is -2.33. The molecule has 1 aromatic rings. The lowest BCUT2D eigenvalue weighted by atomic mass is 9.97. The number of halogens is 1. The average molecular weight is 270 g/mol. The molecule has 0 spiro atoms. The number of hydrogen-bond donors (Lipinski definition) is 2. The molecule has 1 fully saturated rings. The number of anilines is 1. The number of rotatable bonds is 3. The van der Waals surface area contributed by atoms with Gasteiger partial charge >= 0.3 is 0 Å². The zero-order valence-electron chi connectivity index (χ0n) is 10.6. The van der Waals surface area contributed by atoms with E-state index in [9.17, 15) is 5.11 Å². The molecule has 3 nitrogen and oxygen atoms in total. The SMILES string of the molecule is C[C@@H](O)c1ccc(N2CCC(CO)CC2)c(Cl)c1. The first-order valence-corrected chi connectivity index (χ1v) is 6.83. The van der Waals surface area contributed by atoms with E-state index in [1.165, 1.54) is 0 Å². The molecule has 2 rings (SSSR count). The van der Waals surface area contributed by atoms with Gasteiger partial charge in [0.15, 0.2) is 0 Å². The third kappa shape index (κ3) is 2.97. The first-order valence-electron chi connectivity index (χ1n) is 6.45. The van der Waals surface area contributed by atoms with Gasteiger partial charge in [-0.3, -0.25) is 0 Å². The summed E-state index contributed by atoms with van der Waals surface area (Å²) in [6.45, 7) is 3.87. The minimum absolute atomic E-state index is 0.280. The standard InChI is InChI=1S/C14H20ClNO2/c1-10(18)12-2-3-14(13(15)8-12)16-6-4-11(9-17)5-7-16/h2-3,8,10-11,17-18H,4-7,9H2,1H3/t10-/m1/s1. The van der Waals surface area contributed by atoms with Crippen molar-refractivity contribution in [2.45, 2.75) is 25.9 Å². The van der Waals surface area contributed by atoms with Crippen molar-refractivity contribution in [3.63, 3.8) is 0 Å². The topological polar surface area (TPSA) is 43.7 Å². The summed E-state index contributed by atoms with van der Waals surface area (Å²) < 4.78 is 0. The molecule has 0 aromatic heterocycles. The fourth-order valence-electron chi connectivity index (χ4n) is 2.40. The summed E-state index contributed by atoms with van der Waals surface area (Å²) in [7, 11) is 0. The Kier molecular flexibility index (Phi) is 4.49. The third-order valence-corrected chi connectivity index (χ3v) is 3.97. The van der Waals surface area contributed by atoms with Crippen LogP contribution in [0, 0.1) is 5.92 Å². The predicted octanol–water partition coefficient (Wildman–Crippen LogP) is 2.60. The van der Waals surface area contributed by atoms with Gasteiger partial charge in [0.2, 0.25) is 0 Å². The van der Waals surface area contributed by atoms with Crippen molar-refractivity contribution in [3.8, 4) is 0 Å². The van der Waals surface area contributed by atoms with Crippen LogP contribution in [0.1, 0.15) is 31.4 Å². The van der Waals surface area contributed by atoms with Crippen molar-refractivity contribution in [3.05, 3.63) is 28.8 Å². The normalized spacial score (nSPS) is 19.0. The Bertz CT molecular complexity index is 401. The Balaban J connectivity index is 2.10. The van der Waals surface area contributed by atoms with Gasteiger partial charge in [0.1, 0.15) is 0 Å². The van der Waals surface area contributed by atoms with E-state index in [-0.39, 0.29) is 6.61 Å². The molecule has 1 aliphatic rings. The summed E-state index contributed by atoms with van der Waals surface area (Å²) in [5.41, 5.74) is 1.87. The van der Waals surface area contributed by atoms with E-state index in [2.05, 4.69) is 4.90 Å². The van der Waals surface area contributed by atoms with Crippen LogP contribution in [-0.2, 0) is 0 Å². The molecule has 1 saturated heterocycles. The van der Waals surface area contributed by atoms with Gasteiger partial charge in [0.05, 0.1) is 16.8 Å². The summed E-state index contributed by atoms with van der Waals surface area (Å²) in [6.07, 6.45) is 1.52. The van der Waals surface area contributed by atoms with Crippen LogP contribution in [0.2, 0.25) is 5.02 Å². The second kappa shape index (κ2) is 5.91. The van der Waals surface area contributed by atoms with E-state index >= 15 is 0 Å². The molecular formula is C14H20ClNO2. The van der Waals surface area contributed by atoms with Crippen LogP contribution in [0.15, 0.2) is 18.2 Å². The second-order valence-corrected chi connectivity index (χ2v) is 5.41. The van der Waals surface area contributed by atoms with Crippen LogP contribution >= 0.6 is 11.6 Å². The smallest absolute Gasteiger partial charge is 0.0762 e. The number of benzene rings is 1. The van der Waals surface area contributed by atoms with Crippen LogP contribution in [0.3, 0.4) is 0 Å². The summed E-state index contributed by atoms with van der Waals surface area (Å²) in [6, 6.07) is 5.73. The first-order chi connectivity index (χ1) is 8.61. The molecule has 1 atom stereocenters. The quantitative estimate of drug-likeness (QED) is 0.887. The van der Waals surface area contributed by atoms with Crippen molar-refractivity contribution >= 4 is 17.3 Å². The lowest BCUT2D eigenvalue weighted by Crippen LogP contribution is -2.34. The fraction of sp³-hybridized carbons (Fsp3) is 0.571. The van der Waals surface area contributed by atoms with Crippen molar-refractivity contribution < 1.29 is 10.2 Å². The maximum atomic E-state index is 9.52. The number of piperidine rings is 1. The van der Waals surface area contributed by atoms with Gasteiger partial charge in [-0.05, 0) is 43.4 Å². The fourth-order valence-corrected chi connectivity index (χ4v) is 2.70.